The first-order valence-corrected chi connectivity index (χ1v) is 11.5. The van der Waals surface area contributed by atoms with Gasteiger partial charge in [0.05, 0.1) is 20.3 Å². The van der Waals surface area contributed by atoms with Crippen LogP contribution in [-0.4, -0.2) is 50.1 Å². The molecule has 7 heteroatoms. The molecule has 1 N–H and O–H groups in total. The van der Waals surface area contributed by atoms with Crippen LogP contribution in [0.15, 0.2) is 42.5 Å². The summed E-state index contributed by atoms with van der Waals surface area (Å²) in [7, 11) is 3.20. The summed E-state index contributed by atoms with van der Waals surface area (Å²) in [5.74, 6) is 1.83. The first-order valence-electron chi connectivity index (χ1n) is 11.5. The Morgan fingerprint density at radius 3 is 2.33 bits per heavy atom. The number of nitrogens with zero attached hydrogens (tertiary/aromatic N) is 1. The molecule has 2 amide bonds. The number of rotatable bonds is 13. The summed E-state index contributed by atoms with van der Waals surface area (Å²) in [4.78, 5) is 27.5. The molecular formula is C26H36N2O5. The van der Waals surface area contributed by atoms with Gasteiger partial charge < -0.3 is 24.4 Å². The molecule has 0 aliphatic rings. The minimum atomic E-state index is -0.548. The second kappa shape index (κ2) is 13.4. The van der Waals surface area contributed by atoms with Crippen LogP contribution in [0.3, 0.4) is 0 Å². The Bertz CT molecular complexity index is 915. The Balaban J connectivity index is 2.21. The van der Waals surface area contributed by atoms with E-state index >= 15 is 0 Å². The fraction of sp³-hybridized carbons (Fsp3) is 0.462. The molecule has 0 heterocycles. The summed E-state index contributed by atoms with van der Waals surface area (Å²) in [6.07, 6.45) is 1.33. The largest absolute Gasteiger partial charge is 0.497 e. The van der Waals surface area contributed by atoms with Gasteiger partial charge in [-0.1, -0.05) is 25.1 Å². The predicted octanol–water partition coefficient (Wildman–Crippen LogP) is 3.98. The number of carbonyl (C=O) groups excluding carboxylic acids is 2. The Morgan fingerprint density at radius 1 is 0.970 bits per heavy atom. The molecule has 0 spiro atoms. The molecule has 7 nitrogen and oxygen atoms in total. The van der Waals surface area contributed by atoms with Gasteiger partial charge in [0.25, 0.3) is 0 Å². The van der Waals surface area contributed by atoms with E-state index in [0.29, 0.717) is 49.8 Å². The number of hydrogen-bond donors (Lipinski definition) is 1. The van der Waals surface area contributed by atoms with E-state index < -0.39 is 6.04 Å². The lowest BCUT2D eigenvalue weighted by Crippen LogP contribution is -2.48. The quantitative estimate of drug-likeness (QED) is 0.493. The van der Waals surface area contributed by atoms with E-state index in [4.69, 9.17) is 14.2 Å². The second-order valence-electron chi connectivity index (χ2n) is 7.56. The van der Waals surface area contributed by atoms with Crippen LogP contribution in [0.4, 0.5) is 0 Å². The minimum Gasteiger partial charge on any atom is -0.497 e. The molecule has 2 rings (SSSR count). The van der Waals surface area contributed by atoms with Crippen LogP contribution in [0.1, 0.15) is 44.7 Å². The molecule has 33 heavy (non-hydrogen) atoms. The van der Waals surface area contributed by atoms with Gasteiger partial charge in [-0.25, -0.2) is 0 Å². The summed E-state index contributed by atoms with van der Waals surface area (Å²) < 4.78 is 16.6. The lowest BCUT2D eigenvalue weighted by molar-refractivity contribution is -0.141. The molecule has 180 valence electrons. The maximum atomic E-state index is 13.3. The molecule has 2 aromatic rings. The van der Waals surface area contributed by atoms with Gasteiger partial charge in [0.1, 0.15) is 11.8 Å². The van der Waals surface area contributed by atoms with Crippen LogP contribution in [0.25, 0.3) is 0 Å². The molecule has 0 fully saturated rings. The first kappa shape index (κ1) is 26.0. The number of amides is 2. The van der Waals surface area contributed by atoms with Crippen molar-refractivity contribution in [2.24, 2.45) is 0 Å². The van der Waals surface area contributed by atoms with Crippen molar-refractivity contribution in [2.45, 2.75) is 52.6 Å². The van der Waals surface area contributed by atoms with Gasteiger partial charge in [-0.2, -0.15) is 0 Å². The Labute approximate surface area is 197 Å². The number of hydrogen-bond acceptors (Lipinski definition) is 5. The first-order chi connectivity index (χ1) is 16.0. The molecular weight excluding hydrogens is 420 g/mol. The lowest BCUT2D eigenvalue weighted by atomic mass is 10.1. The third-order valence-electron chi connectivity index (χ3n) is 5.35. The van der Waals surface area contributed by atoms with Gasteiger partial charge >= 0.3 is 0 Å². The van der Waals surface area contributed by atoms with Gasteiger partial charge in [0.2, 0.25) is 11.8 Å². The van der Waals surface area contributed by atoms with E-state index in [9.17, 15) is 9.59 Å². The summed E-state index contributed by atoms with van der Waals surface area (Å²) in [5, 5.41) is 2.69. The zero-order valence-corrected chi connectivity index (χ0v) is 20.3. The predicted molar refractivity (Wildman–Crippen MR) is 129 cm³/mol. The third kappa shape index (κ3) is 7.41. The summed E-state index contributed by atoms with van der Waals surface area (Å²) in [5.41, 5.74) is 1.88. The fourth-order valence-corrected chi connectivity index (χ4v) is 3.70. The Hall–Kier alpha value is -3.22. The van der Waals surface area contributed by atoms with Crippen molar-refractivity contribution in [3.05, 3.63) is 53.6 Å². The molecule has 0 aliphatic heterocycles. The van der Waals surface area contributed by atoms with E-state index in [1.165, 1.54) is 0 Å². The van der Waals surface area contributed by atoms with E-state index in [-0.39, 0.29) is 18.2 Å². The van der Waals surface area contributed by atoms with Gasteiger partial charge in [-0.05, 0) is 62.1 Å². The highest BCUT2D eigenvalue weighted by Crippen LogP contribution is 2.29. The zero-order valence-electron chi connectivity index (χ0n) is 20.3. The van der Waals surface area contributed by atoms with Crippen molar-refractivity contribution in [1.29, 1.82) is 0 Å². The van der Waals surface area contributed by atoms with Crippen LogP contribution < -0.4 is 19.5 Å². The van der Waals surface area contributed by atoms with Gasteiger partial charge in [0.15, 0.2) is 11.5 Å². The smallest absolute Gasteiger partial charge is 0.242 e. The summed E-state index contributed by atoms with van der Waals surface area (Å²) >= 11 is 0. The van der Waals surface area contributed by atoms with Crippen LogP contribution in [0.5, 0.6) is 17.2 Å². The van der Waals surface area contributed by atoms with E-state index in [0.717, 1.165) is 11.1 Å². The number of likely N-dealkylation sites (N-methyl/N-ethyl adjacent to an activating group) is 1. The summed E-state index contributed by atoms with van der Waals surface area (Å²) in [6, 6.07) is 12.8. The van der Waals surface area contributed by atoms with Crippen LogP contribution in [0.2, 0.25) is 0 Å². The monoisotopic (exact) mass is 456 g/mol. The van der Waals surface area contributed by atoms with Crippen molar-refractivity contribution in [2.75, 3.05) is 27.4 Å². The molecule has 0 aromatic heterocycles. The van der Waals surface area contributed by atoms with Gasteiger partial charge in [-0.15, -0.1) is 0 Å². The van der Waals surface area contributed by atoms with Gasteiger partial charge in [0, 0.05) is 20.0 Å². The molecule has 0 radical (unpaired) electrons. The fourth-order valence-electron chi connectivity index (χ4n) is 3.70. The number of nitrogens with one attached hydrogen (secondary N) is 1. The minimum absolute atomic E-state index is 0.0832. The maximum Gasteiger partial charge on any atom is 0.242 e. The van der Waals surface area contributed by atoms with E-state index in [1.807, 2.05) is 63.2 Å². The topological polar surface area (TPSA) is 77.1 Å². The Kier molecular flexibility index (Phi) is 10.5. The molecule has 0 aliphatic carbocycles. The molecule has 1 unspecified atom stereocenters. The normalized spacial score (nSPS) is 11.4. The van der Waals surface area contributed by atoms with Crippen LogP contribution in [-0.2, 0) is 22.6 Å². The highest BCUT2D eigenvalue weighted by Gasteiger charge is 2.27. The standard InChI is InChI=1S/C26H36N2O5/c1-6-22(26(30)27-4)28(18-20-10-9-11-21(16-20)31-5)25(29)15-13-19-12-14-23(32-7-2)24(17-19)33-8-3/h9-12,14,16-17,22H,6-8,13,15,18H2,1-5H3,(H,27,30). The number of ether oxygens (including phenoxy) is 3. The molecule has 0 bridgehead atoms. The average molecular weight is 457 g/mol. The van der Waals surface area contributed by atoms with Crippen molar-refractivity contribution in [3.8, 4) is 17.2 Å². The van der Waals surface area contributed by atoms with Gasteiger partial charge in [-0.3, -0.25) is 9.59 Å². The van der Waals surface area contributed by atoms with E-state index in [1.54, 1.807) is 19.1 Å². The van der Waals surface area contributed by atoms with Crippen LogP contribution >= 0.6 is 0 Å². The summed E-state index contributed by atoms with van der Waals surface area (Å²) in [6.45, 7) is 7.17. The van der Waals surface area contributed by atoms with Crippen molar-refractivity contribution in [3.63, 3.8) is 0 Å². The third-order valence-corrected chi connectivity index (χ3v) is 5.35. The zero-order chi connectivity index (χ0) is 24.2. The highest BCUT2D eigenvalue weighted by atomic mass is 16.5. The SMILES string of the molecule is CCOc1ccc(CCC(=O)N(Cc2cccc(OC)c2)C(CC)C(=O)NC)cc1OCC. The van der Waals surface area contributed by atoms with Crippen LogP contribution in [0, 0.1) is 0 Å². The second-order valence-corrected chi connectivity index (χ2v) is 7.56. The molecule has 1 atom stereocenters. The molecule has 2 aromatic carbocycles. The molecule has 0 saturated carbocycles. The maximum absolute atomic E-state index is 13.3. The molecule has 0 saturated heterocycles. The van der Waals surface area contributed by atoms with Crippen molar-refractivity contribution < 1.29 is 23.8 Å². The number of benzene rings is 2. The van der Waals surface area contributed by atoms with E-state index in [2.05, 4.69) is 5.32 Å². The Morgan fingerprint density at radius 2 is 1.70 bits per heavy atom. The number of aryl methyl sites for hydroxylation is 1. The van der Waals surface area contributed by atoms with Crippen molar-refractivity contribution in [1.82, 2.24) is 10.2 Å². The number of carbonyl (C=O) groups is 2. The lowest BCUT2D eigenvalue weighted by Gasteiger charge is -2.30. The van der Waals surface area contributed by atoms with Crippen molar-refractivity contribution >= 4 is 11.8 Å². The number of methoxy groups -OCH3 is 1. The highest BCUT2D eigenvalue weighted by molar-refractivity contribution is 5.87. The average Bonchev–Trinajstić information content (AvgIpc) is 2.83.